The number of anilines is 1. The Hall–Kier alpha value is -1.09. The molecule has 2 unspecified atom stereocenters. The zero-order valence-corrected chi connectivity index (χ0v) is 21.1. The lowest BCUT2D eigenvalue weighted by Gasteiger charge is -2.59. The summed E-state index contributed by atoms with van der Waals surface area (Å²) in [5.41, 5.74) is 1.20. The molecule has 2 atom stereocenters. The van der Waals surface area contributed by atoms with E-state index in [2.05, 4.69) is 67.3 Å². The molecular weight excluding hydrogens is 477 g/mol. The summed E-state index contributed by atoms with van der Waals surface area (Å²) >= 11 is 0. The van der Waals surface area contributed by atoms with Crippen LogP contribution in [0.15, 0.2) is 23.3 Å². The molecule has 0 radical (unpaired) electrons. The van der Waals surface area contributed by atoms with Gasteiger partial charge in [0.1, 0.15) is 5.82 Å². The van der Waals surface area contributed by atoms with Gasteiger partial charge in [-0.1, -0.05) is 19.9 Å². The zero-order valence-electron chi connectivity index (χ0n) is 18.8. The molecule has 7 heteroatoms. The molecule has 3 rings (SSSR count). The fraction of sp³-hybridized carbons (Fsp3) is 0.727. The highest BCUT2D eigenvalue weighted by Crippen LogP contribution is 2.51. The fourth-order valence-electron chi connectivity index (χ4n) is 4.27. The molecule has 2 heterocycles. The highest BCUT2D eigenvalue weighted by Gasteiger charge is 2.58. The molecule has 0 aromatic carbocycles. The van der Waals surface area contributed by atoms with Crippen molar-refractivity contribution in [2.24, 2.45) is 10.4 Å². The Balaban J connectivity index is 0.00000300. The van der Waals surface area contributed by atoms with E-state index >= 15 is 0 Å². The van der Waals surface area contributed by atoms with Crippen LogP contribution in [0.25, 0.3) is 0 Å². The van der Waals surface area contributed by atoms with Gasteiger partial charge < -0.3 is 20.3 Å². The lowest BCUT2D eigenvalue weighted by molar-refractivity contribution is -0.176. The molecule has 2 aliphatic rings. The van der Waals surface area contributed by atoms with Crippen molar-refractivity contribution in [1.29, 1.82) is 0 Å². The van der Waals surface area contributed by atoms with Crippen LogP contribution in [-0.2, 0) is 4.74 Å². The van der Waals surface area contributed by atoms with Gasteiger partial charge in [0.25, 0.3) is 0 Å². The largest absolute Gasteiger partial charge is 0.378 e. The minimum Gasteiger partial charge on any atom is -0.378 e. The van der Waals surface area contributed by atoms with Crippen molar-refractivity contribution in [3.05, 3.63) is 23.9 Å². The number of aryl methyl sites for hydroxylation is 1. The first-order valence-corrected chi connectivity index (χ1v) is 10.6. The van der Waals surface area contributed by atoms with Gasteiger partial charge in [0.15, 0.2) is 5.96 Å². The molecule has 2 fully saturated rings. The van der Waals surface area contributed by atoms with Crippen molar-refractivity contribution in [2.75, 3.05) is 31.6 Å². The smallest absolute Gasteiger partial charge is 0.191 e. The lowest BCUT2D eigenvalue weighted by atomic mass is 9.56. The van der Waals surface area contributed by atoms with Crippen LogP contribution in [0.3, 0.4) is 0 Å². The Kier molecular flexibility index (Phi) is 8.18. The van der Waals surface area contributed by atoms with Crippen molar-refractivity contribution in [1.82, 2.24) is 15.6 Å². The monoisotopic (exact) mass is 515 g/mol. The number of methoxy groups -OCH3 is 1. The van der Waals surface area contributed by atoms with Crippen molar-refractivity contribution in [2.45, 2.75) is 71.6 Å². The predicted molar refractivity (Wildman–Crippen MR) is 131 cm³/mol. The van der Waals surface area contributed by atoms with E-state index in [-0.39, 0.29) is 35.0 Å². The molecular formula is C22H38IN5O. The SMILES string of the molecule is CCN=C(NC1CCN(c2ccc(C)cn2)CC1)NC1CC(C)(OC)C1(C)C.I. The molecule has 2 N–H and O–H groups in total. The third-order valence-electron chi connectivity index (χ3n) is 6.96. The molecule has 164 valence electrons. The molecule has 29 heavy (non-hydrogen) atoms. The van der Waals surface area contributed by atoms with Crippen LogP contribution < -0.4 is 15.5 Å². The van der Waals surface area contributed by atoms with E-state index in [0.717, 1.165) is 50.7 Å². The summed E-state index contributed by atoms with van der Waals surface area (Å²) in [4.78, 5) is 11.6. The van der Waals surface area contributed by atoms with Gasteiger partial charge >= 0.3 is 0 Å². The zero-order chi connectivity index (χ0) is 20.4. The number of ether oxygens (including phenoxy) is 1. The van der Waals surface area contributed by atoms with Crippen LogP contribution >= 0.6 is 24.0 Å². The Labute approximate surface area is 193 Å². The molecule has 0 bridgehead atoms. The van der Waals surface area contributed by atoms with E-state index in [9.17, 15) is 0 Å². The standard InChI is InChI=1S/C22H37N5O.HI/c1-7-23-20(26-18-14-22(5,28-6)21(18,3)4)25-17-10-12-27(13-11-17)19-9-8-16(2)15-24-19;/h8-9,15,17-18H,7,10-14H2,1-6H3,(H2,23,25,26);1H. The van der Waals surface area contributed by atoms with Crippen LogP contribution in [0.4, 0.5) is 5.82 Å². The lowest BCUT2D eigenvalue weighted by Crippen LogP contribution is -2.70. The molecule has 0 amide bonds. The number of aromatic nitrogens is 1. The number of piperidine rings is 1. The average molecular weight is 515 g/mol. The number of pyridine rings is 1. The molecule has 1 saturated carbocycles. The summed E-state index contributed by atoms with van der Waals surface area (Å²) in [5, 5.41) is 7.33. The number of hydrogen-bond donors (Lipinski definition) is 2. The predicted octanol–water partition coefficient (Wildman–Crippen LogP) is 3.74. The van der Waals surface area contributed by atoms with Crippen molar-refractivity contribution in [3.63, 3.8) is 0 Å². The van der Waals surface area contributed by atoms with Crippen molar-refractivity contribution in [3.8, 4) is 0 Å². The van der Waals surface area contributed by atoms with Gasteiger partial charge in [-0.3, -0.25) is 4.99 Å². The van der Waals surface area contributed by atoms with Gasteiger partial charge in [0, 0.05) is 50.4 Å². The van der Waals surface area contributed by atoms with Gasteiger partial charge in [-0.15, -0.1) is 24.0 Å². The minimum atomic E-state index is -0.0750. The number of nitrogens with one attached hydrogen (secondary N) is 2. The van der Waals surface area contributed by atoms with E-state index in [1.165, 1.54) is 5.56 Å². The minimum absolute atomic E-state index is 0. The van der Waals surface area contributed by atoms with Gasteiger partial charge in [0.2, 0.25) is 0 Å². The fourth-order valence-corrected chi connectivity index (χ4v) is 4.27. The van der Waals surface area contributed by atoms with Crippen LogP contribution in [0.1, 0.15) is 52.5 Å². The summed E-state index contributed by atoms with van der Waals surface area (Å²) in [7, 11) is 1.81. The van der Waals surface area contributed by atoms with E-state index in [4.69, 9.17) is 9.73 Å². The maximum atomic E-state index is 5.76. The third kappa shape index (κ3) is 5.16. The topological polar surface area (TPSA) is 61.8 Å². The Morgan fingerprint density at radius 2 is 1.93 bits per heavy atom. The molecule has 1 saturated heterocycles. The van der Waals surface area contributed by atoms with E-state index in [1.54, 1.807) is 0 Å². The normalized spacial score (nSPS) is 27.0. The maximum Gasteiger partial charge on any atom is 0.191 e. The van der Waals surface area contributed by atoms with Gasteiger partial charge in [0.05, 0.1) is 5.60 Å². The summed E-state index contributed by atoms with van der Waals surface area (Å²) in [6, 6.07) is 5.07. The molecule has 1 aromatic rings. The first-order valence-electron chi connectivity index (χ1n) is 10.6. The van der Waals surface area contributed by atoms with Crippen LogP contribution in [0.5, 0.6) is 0 Å². The number of guanidine groups is 1. The van der Waals surface area contributed by atoms with Gasteiger partial charge in [-0.2, -0.15) is 0 Å². The Morgan fingerprint density at radius 3 is 2.45 bits per heavy atom. The number of rotatable bonds is 5. The molecule has 0 spiro atoms. The molecule has 6 nitrogen and oxygen atoms in total. The maximum absolute atomic E-state index is 5.76. The molecule has 1 aliphatic heterocycles. The highest BCUT2D eigenvalue weighted by atomic mass is 127. The van der Waals surface area contributed by atoms with Gasteiger partial charge in [-0.25, -0.2) is 4.98 Å². The summed E-state index contributed by atoms with van der Waals surface area (Å²) in [6.45, 7) is 13.7. The molecule has 1 aliphatic carbocycles. The van der Waals surface area contributed by atoms with Crippen LogP contribution in [0.2, 0.25) is 0 Å². The molecule has 1 aromatic heterocycles. The number of aliphatic imine (C=N–C) groups is 1. The van der Waals surface area contributed by atoms with Gasteiger partial charge in [-0.05, 0) is 51.7 Å². The van der Waals surface area contributed by atoms with Crippen LogP contribution in [-0.4, -0.2) is 55.4 Å². The number of nitrogens with zero attached hydrogens (tertiary/aromatic N) is 3. The van der Waals surface area contributed by atoms with E-state index in [0.29, 0.717) is 12.1 Å². The second kappa shape index (κ2) is 9.81. The van der Waals surface area contributed by atoms with E-state index in [1.807, 2.05) is 13.3 Å². The third-order valence-corrected chi connectivity index (χ3v) is 6.96. The highest BCUT2D eigenvalue weighted by molar-refractivity contribution is 14.0. The number of halogens is 1. The quantitative estimate of drug-likeness (QED) is 0.356. The Bertz CT molecular complexity index is 685. The van der Waals surface area contributed by atoms with E-state index < -0.39 is 0 Å². The number of hydrogen-bond acceptors (Lipinski definition) is 4. The summed E-state index contributed by atoms with van der Waals surface area (Å²) < 4.78 is 5.76. The first-order chi connectivity index (χ1) is 13.3. The Morgan fingerprint density at radius 1 is 1.24 bits per heavy atom. The van der Waals surface area contributed by atoms with Crippen molar-refractivity contribution >= 4 is 35.8 Å². The average Bonchev–Trinajstić information content (AvgIpc) is 2.69. The van der Waals surface area contributed by atoms with Crippen molar-refractivity contribution < 1.29 is 4.74 Å². The second-order valence-electron chi connectivity index (χ2n) is 8.98. The summed E-state index contributed by atoms with van der Waals surface area (Å²) in [6.07, 6.45) is 5.12. The van der Waals surface area contributed by atoms with Crippen LogP contribution in [0, 0.1) is 12.3 Å². The first kappa shape index (κ1) is 24.2. The second-order valence-corrected chi connectivity index (χ2v) is 8.98. The summed E-state index contributed by atoms with van der Waals surface area (Å²) in [5.74, 6) is 2.02.